The lowest BCUT2D eigenvalue weighted by Crippen LogP contribution is -2.10. The molecule has 1 aromatic heterocycles. The summed E-state index contributed by atoms with van der Waals surface area (Å²) in [6, 6.07) is 5.67. The van der Waals surface area contributed by atoms with Crippen LogP contribution in [0.4, 0.5) is 0 Å². The van der Waals surface area contributed by atoms with Crippen LogP contribution in [-0.4, -0.2) is 8.42 Å². The van der Waals surface area contributed by atoms with Gasteiger partial charge in [0.2, 0.25) is 5.09 Å². The largest absolute Gasteiger partial charge is 0.443 e. The van der Waals surface area contributed by atoms with Crippen LogP contribution in [0.15, 0.2) is 33.8 Å². The topological polar surface area (TPSA) is 73.3 Å². The first kappa shape index (κ1) is 12.9. The second-order valence-corrected chi connectivity index (χ2v) is 7.06. The van der Waals surface area contributed by atoms with Gasteiger partial charge >= 0.3 is 0 Å². The second kappa shape index (κ2) is 4.32. The van der Waals surface area contributed by atoms with Crippen LogP contribution >= 0.6 is 0 Å². The van der Waals surface area contributed by atoms with E-state index in [1.54, 1.807) is 6.07 Å². The normalized spacial score (nSPS) is 16.2. The van der Waals surface area contributed by atoms with Crippen molar-refractivity contribution in [1.82, 2.24) is 0 Å². The first-order chi connectivity index (χ1) is 10.0. The van der Waals surface area contributed by atoms with Crippen LogP contribution in [0.5, 0.6) is 0 Å². The first-order valence-corrected chi connectivity index (χ1v) is 8.56. The third-order valence-corrected chi connectivity index (χ3v) is 5.04. The maximum absolute atomic E-state index is 11.5. The van der Waals surface area contributed by atoms with Gasteiger partial charge in [-0.15, -0.1) is 0 Å². The molecule has 2 aromatic rings. The van der Waals surface area contributed by atoms with Crippen molar-refractivity contribution in [2.75, 3.05) is 0 Å². The Morgan fingerprint density at radius 2 is 1.95 bits per heavy atom. The van der Waals surface area contributed by atoms with Gasteiger partial charge < -0.3 is 4.42 Å². The lowest BCUT2D eigenvalue weighted by Gasteiger charge is -2.22. The molecule has 1 heterocycles. The highest BCUT2D eigenvalue weighted by Crippen LogP contribution is 2.40. The quantitative estimate of drug-likeness (QED) is 0.880. The van der Waals surface area contributed by atoms with Crippen molar-refractivity contribution in [2.24, 2.45) is 5.14 Å². The highest BCUT2D eigenvalue weighted by Gasteiger charge is 2.27. The van der Waals surface area contributed by atoms with Gasteiger partial charge in [0.15, 0.2) is 0 Å². The molecular formula is C16H15NO3S. The van der Waals surface area contributed by atoms with E-state index in [0.29, 0.717) is 5.76 Å². The van der Waals surface area contributed by atoms with Crippen LogP contribution < -0.4 is 5.14 Å². The van der Waals surface area contributed by atoms with Crippen molar-refractivity contribution >= 4 is 16.1 Å². The Morgan fingerprint density at radius 3 is 2.76 bits per heavy atom. The number of benzene rings is 1. The van der Waals surface area contributed by atoms with Crippen LogP contribution in [0.1, 0.15) is 28.7 Å². The summed E-state index contributed by atoms with van der Waals surface area (Å²) in [6.45, 7) is 0. The van der Waals surface area contributed by atoms with Gasteiger partial charge in [-0.2, -0.15) is 0 Å². The summed E-state index contributed by atoms with van der Waals surface area (Å²) < 4.78 is 28.5. The summed E-state index contributed by atoms with van der Waals surface area (Å²) in [6.07, 6.45) is 8.15. The number of fused-ring (bicyclic) bond motifs is 5. The Bertz CT molecular complexity index is 875. The molecule has 0 fully saturated rings. The Morgan fingerprint density at radius 1 is 1.10 bits per heavy atom. The molecule has 4 rings (SSSR count). The first-order valence-electron chi connectivity index (χ1n) is 7.01. The molecule has 108 valence electrons. The molecule has 2 N–H and O–H groups in total. The maximum atomic E-state index is 11.5. The van der Waals surface area contributed by atoms with E-state index >= 15 is 0 Å². The molecule has 0 atom stereocenters. The number of rotatable bonds is 1. The highest BCUT2D eigenvalue weighted by molar-refractivity contribution is 7.89. The molecule has 0 saturated heterocycles. The minimum Gasteiger partial charge on any atom is -0.443 e. The Hall–Kier alpha value is -1.85. The van der Waals surface area contributed by atoms with Crippen molar-refractivity contribution in [2.45, 2.75) is 30.8 Å². The number of hydrogen-bond donors (Lipinski definition) is 1. The summed E-state index contributed by atoms with van der Waals surface area (Å²) in [5.74, 6) is 0.664. The van der Waals surface area contributed by atoms with Crippen molar-refractivity contribution < 1.29 is 12.8 Å². The third-order valence-electron chi connectivity index (χ3n) is 4.28. The average Bonchev–Trinajstić information content (AvgIpc) is 2.91. The lowest BCUT2D eigenvalue weighted by atomic mass is 9.82. The van der Waals surface area contributed by atoms with Gasteiger partial charge in [0, 0.05) is 17.2 Å². The van der Waals surface area contributed by atoms with Gasteiger partial charge in [0.1, 0.15) is 5.76 Å². The zero-order valence-corrected chi connectivity index (χ0v) is 12.2. The van der Waals surface area contributed by atoms with E-state index < -0.39 is 10.0 Å². The van der Waals surface area contributed by atoms with Gasteiger partial charge in [-0.1, -0.05) is 24.3 Å². The lowest BCUT2D eigenvalue weighted by molar-refractivity contribution is 0.459. The average molecular weight is 301 g/mol. The molecule has 0 radical (unpaired) electrons. The molecule has 0 bridgehead atoms. The van der Waals surface area contributed by atoms with Crippen molar-refractivity contribution in [3.63, 3.8) is 0 Å². The van der Waals surface area contributed by atoms with Crippen LogP contribution in [0.3, 0.4) is 0 Å². The van der Waals surface area contributed by atoms with E-state index in [1.807, 2.05) is 6.07 Å². The molecule has 1 aromatic carbocycles. The molecule has 0 aliphatic heterocycles. The number of nitrogens with two attached hydrogens (primary N) is 1. The van der Waals surface area contributed by atoms with Gasteiger partial charge in [-0.05, 0) is 42.4 Å². The Labute approximate surface area is 123 Å². The van der Waals surface area contributed by atoms with E-state index in [0.717, 1.165) is 36.8 Å². The monoisotopic (exact) mass is 301 g/mol. The van der Waals surface area contributed by atoms with Gasteiger partial charge in [-0.25, -0.2) is 13.6 Å². The van der Waals surface area contributed by atoms with Gasteiger partial charge in [0.25, 0.3) is 10.0 Å². The number of aryl methyl sites for hydroxylation is 1. The Balaban J connectivity index is 1.94. The third kappa shape index (κ3) is 1.96. The zero-order chi connectivity index (χ0) is 14.6. The van der Waals surface area contributed by atoms with Crippen LogP contribution in [0, 0.1) is 0 Å². The molecule has 2 aliphatic carbocycles. The summed E-state index contributed by atoms with van der Waals surface area (Å²) in [5.41, 5.74) is 5.87. The zero-order valence-electron chi connectivity index (χ0n) is 11.4. The molecule has 4 nitrogen and oxygen atoms in total. The van der Waals surface area contributed by atoms with Crippen molar-refractivity contribution in [3.05, 3.63) is 46.5 Å². The fourth-order valence-corrected chi connectivity index (χ4v) is 3.82. The summed E-state index contributed by atoms with van der Waals surface area (Å²) in [5, 5.41) is 5.03. The predicted molar refractivity (Wildman–Crippen MR) is 80.3 cm³/mol. The molecule has 0 unspecified atom stereocenters. The minimum atomic E-state index is -3.79. The van der Waals surface area contributed by atoms with E-state index in [4.69, 9.17) is 9.56 Å². The summed E-state index contributed by atoms with van der Waals surface area (Å²) in [7, 11) is -3.79. The smallest absolute Gasteiger partial charge is 0.271 e. The van der Waals surface area contributed by atoms with E-state index in [9.17, 15) is 8.42 Å². The second-order valence-electron chi connectivity index (χ2n) is 5.57. The number of furan rings is 1. The van der Waals surface area contributed by atoms with Crippen molar-refractivity contribution in [3.8, 4) is 11.3 Å². The van der Waals surface area contributed by atoms with Gasteiger partial charge in [-0.3, -0.25) is 0 Å². The van der Waals surface area contributed by atoms with E-state index in [2.05, 4.69) is 18.2 Å². The van der Waals surface area contributed by atoms with Crippen LogP contribution in [0.2, 0.25) is 0 Å². The SMILES string of the molecule is NS(=O)(=O)c1cc2c(o1)-c1ccc3c(c1CC2)CCC=C3. The Kier molecular flexibility index (Phi) is 2.65. The van der Waals surface area contributed by atoms with E-state index in [1.165, 1.54) is 16.7 Å². The van der Waals surface area contributed by atoms with Crippen LogP contribution in [0.25, 0.3) is 17.4 Å². The number of primary sulfonamides is 1. The fourth-order valence-electron chi connectivity index (χ4n) is 3.32. The van der Waals surface area contributed by atoms with E-state index in [-0.39, 0.29) is 5.09 Å². The molecule has 5 heteroatoms. The van der Waals surface area contributed by atoms with Gasteiger partial charge in [0.05, 0.1) is 0 Å². The fraction of sp³-hybridized carbons (Fsp3) is 0.250. The maximum Gasteiger partial charge on any atom is 0.271 e. The molecule has 0 spiro atoms. The minimum absolute atomic E-state index is 0.141. The molecule has 0 amide bonds. The van der Waals surface area contributed by atoms with Crippen LogP contribution in [-0.2, 0) is 29.3 Å². The molecule has 21 heavy (non-hydrogen) atoms. The number of hydrogen-bond acceptors (Lipinski definition) is 3. The standard InChI is InChI=1S/C16H15NO3S/c17-21(18,19)15-9-11-6-7-13-12-4-2-1-3-10(12)5-8-14(13)16(11)20-15/h1,3,5,8-9H,2,4,6-7H2,(H2,17,18,19). The number of sulfonamides is 1. The predicted octanol–water partition coefficient (Wildman–Crippen LogP) is 2.65. The summed E-state index contributed by atoms with van der Waals surface area (Å²) >= 11 is 0. The molecular weight excluding hydrogens is 286 g/mol. The summed E-state index contributed by atoms with van der Waals surface area (Å²) in [4.78, 5) is 0. The molecule has 2 aliphatic rings. The highest BCUT2D eigenvalue weighted by atomic mass is 32.2. The van der Waals surface area contributed by atoms with Crippen molar-refractivity contribution in [1.29, 1.82) is 0 Å². The number of allylic oxidation sites excluding steroid dienone is 1. The molecule has 0 saturated carbocycles.